The van der Waals surface area contributed by atoms with Gasteiger partial charge in [0.25, 0.3) is 0 Å². The molecule has 0 aromatic heterocycles. The van der Waals surface area contributed by atoms with Crippen molar-refractivity contribution in [2.24, 2.45) is 0 Å². The number of hydrogen-bond acceptors (Lipinski definition) is 1. The molecular formula is C11H15N. The monoisotopic (exact) mass is 161 g/mol. The Labute approximate surface area is 74.1 Å². The van der Waals surface area contributed by atoms with Gasteiger partial charge in [-0.1, -0.05) is 31.2 Å². The van der Waals surface area contributed by atoms with E-state index in [-0.39, 0.29) is 0 Å². The topological polar surface area (TPSA) is 12.0 Å². The highest BCUT2D eigenvalue weighted by molar-refractivity contribution is 5.52. The summed E-state index contributed by atoms with van der Waals surface area (Å²) in [7, 11) is 1.94. The van der Waals surface area contributed by atoms with Gasteiger partial charge in [-0.25, -0.2) is 0 Å². The van der Waals surface area contributed by atoms with E-state index in [1.165, 1.54) is 11.3 Å². The molecule has 0 aliphatic carbocycles. The van der Waals surface area contributed by atoms with Gasteiger partial charge in [0.05, 0.1) is 0 Å². The van der Waals surface area contributed by atoms with Crippen LogP contribution in [-0.2, 0) is 0 Å². The fourth-order valence-electron chi connectivity index (χ4n) is 1.25. The van der Waals surface area contributed by atoms with Crippen molar-refractivity contribution in [3.63, 3.8) is 0 Å². The van der Waals surface area contributed by atoms with Crippen molar-refractivity contribution in [3.05, 3.63) is 42.5 Å². The molecule has 0 radical (unpaired) electrons. The van der Waals surface area contributed by atoms with E-state index >= 15 is 0 Å². The highest BCUT2D eigenvalue weighted by Gasteiger charge is 2.04. The van der Waals surface area contributed by atoms with Crippen molar-refractivity contribution >= 4 is 5.69 Å². The zero-order chi connectivity index (χ0) is 8.97. The minimum absolute atomic E-state index is 0.411. The molecular weight excluding hydrogens is 146 g/mol. The number of para-hydroxylation sites is 1. The number of benzene rings is 1. The Balaban J connectivity index is 3.04. The van der Waals surface area contributed by atoms with Crippen molar-refractivity contribution in [1.82, 2.24) is 0 Å². The van der Waals surface area contributed by atoms with Crippen LogP contribution in [0.1, 0.15) is 18.4 Å². The Bertz CT molecular complexity index is 265. The van der Waals surface area contributed by atoms with Gasteiger partial charge in [0, 0.05) is 18.7 Å². The van der Waals surface area contributed by atoms with E-state index in [0.717, 1.165) is 0 Å². The highest BCUT2D eigenvalue weighted by atomic mass is 14.8. The van der Waals surface area contributed by atoms with Gasteiger partial charge in [-0.05, 0) is 11.6 Å². The molecule has 1 nitrogen and oxygen atoms in total. The predicted molar refractivity (Wildman–Crippen MR) is 54.6 cm³/mol. The maximum Gasteiger partial charge on any atom is 0.0376 e. The molecule has 0 heterocycles. The lowest BCUT2D eigenvalue weighted by molar-refractivity contribution is 0.972. The second kappa shape index (κ2) is 3.96. The Morgan fingerprint density at radius 3 is 2.67 bits per heavy atom. The number of allylic oxidation sites excluding steroid dienone is 1. The fraction of sp³-hybridized carbons (Fsp3) is 0.273. The van der Waals surface area contributed by atoms with E-state index in [9.17, 15) is 0 Å². The van der Waals surface area contributed by atoms with Gasteiger partial charge in [-0.15, -0.1) is 6.58 Å². The fourth-order valence-corrected chi connectivity index (χ4v) is 1.25. The van der Waals surface area contributed by atoms with Gasteiger partial charge in [-0.2, -0.15) is 0 Å². The van der Waals surface area contributed by atoms with Gasteiger partial charge in [0.1, 0.15) is 0 Å². The summed E-state index contributed by atoms with van der Waals surface area (Å²) in [6, 6.07) is 8.29. The molecule has 1 rings (SSSR count). The predicted octanol–water partition coefficient (Wildman–Crippen LogP) is 3.02. The van der Waals surface area contributed by atoms with Crippen LogP contribution in [0.25, 0.3) is 0 Å². The average Bonchev–Trinajstić information content (AvgIpc) is 2.16. The molecule has 0 fully saturated rings. The maximum absolute atomic E-state index is 3.78. The van der Waals surface area contributed by atoms with E-state index in [4.69, 9.17) is 0 Å². The van der Waals surface area contributed by atoms with E-state index in [2.05, 4.69) is 37.0 Å². The van der Waals surface area contributed by atoms with Gasteiger partial charge in [-0.3, -0.25) is 0 Å². The third-order valence-corrected chi connectivity index (χ3v) is 2.07. The van der Waals surface area contributed by atoms with E-state index in [1.807, 2.05) is 19.2 Å². The molecule has 0 saturated heterocycles. The number of anilines is 1. The smallest absolute Gasteiger partial charge is 0.0376 e. The van der Waals surface area contributed by atoms with Crippen molar-refractivity contribution in [1.29, 1.82) is 0 Å². The van der Waals surface area contributed by atoms with Crippen LogP contribution in [0.2, 0.25) is 0 Å². The normalized spacial score (nSPS) is 12.2. The number of rotatable bonds is 3. The third-order valence-electron chi connectivity index (χ3n) is 2.07. The first-order valence-corrected chi connectivity index (χ1v) is 4.18. The zero-order valence-corrected chi connectivity index (χ0v) is 7.67. The summed E-state index contributed by atoms with van der Waals surface area (Å²) in [4.78, 5) is 0. The summed E-state index contributed by atoms with van der Waals surface area (Å²) < 4.78 is 0. The van der Waals surface area contributed by atoms with E-state index in [1.54, 1.807) is 0 Å². The van der Waals surface area contributed by atoms with Crippen LogP contribution >= 0.6 is 0 Å². The molecule has 0 aliphatic heterocycles. The molecule has 64 valence electrons. The second-order valence-electron chi connectivity index (χ2n) is 2.86. The van der Waals surface area contributed by atoms with Crippen LogP contribution in [0.15, 0.2) is 36.9 Å². The molecule has 1 heteroatoms. The molecule has 0 saturated carbocycles. The lowest BCUT2D eigenvalue weighted by atomic mass is 9.99. The van der Waals surface area contributed by atoms with E-state index < -0.39 is 0 Å². The quantitative estimate of drug-likeness (QED) is 0.672. The summed E-state index contributed by atoms with van der Waals surface area (Å²) in [6.07, 6.45) is 1.95. The number of hydrogen-bond donors (Lipinski definition) is 1. The first-order chi connectivity index (χ1) is 5.79. The molecule has 0 spiro atoms. The van der Waals surface area contributed by atoms with Crippen molar-refractivity contribution in [2.45, 2.75) is 12.8 Å². The molecule has 1 aromatic carbocycles. The largest absolute Gasteiger partial charge is 0.388 e. The zero-order valence-electron chi connectivity index (χ0n) is 7.67. The molecule has 12 heavy (non-hydrogen) atoms. The number of nitrogens with one attached hydrogen (secondary N) is 1. The Hall–Kier alpha value is -1.24. The first kappa shape index (κ1) is 8.85. The van der Waals surface area contributed by atoms with E-state index in [0.29, 0.717) is 5.92 Å². The van der Waals surface area contributed by atoms with Crippen LogP contribution in [0.3, 0.4) is 0 Å². The minimum atomic E-state index is 0.411. The molecule has 0 amide bonds. The molecule has 1 N–H and O–H groups in total. The molecule has 0 aliphatic rings. The minimum Gasteiger partial charge on any atom is -0.388 e. The lowest BCUT2D eigenvalue weighted by Gasteiger charge is -2.11. The standard InChI is InChI=1S/C11H15N/c1-4-9(2)10-7-5-6-8-11(10)12-3/h4-9,12H,1H2,2-3H3/t9-/m0/s1. The van der Waals surface area contributed by atoms with Crippen LogP contribution in [-0.4, -0.2) is 7.05 Å². The van der Waals surface area contributed by atoms with Crippen LogP contribution in [0.5, 0.6) is 0 Å². The first-order valence-electron chi connectivity index (χ1n) is 4.18. The summed E-state index contributed by atoms with van der Waals surface area (Å²) >= 11 is 0. The Kier molecular flexibility index (Phi) is 2.92. The molecule has 1 aromatic rings. The molecule has 1 atom stereocenters. The summed E-state index contributed by atoms with van der Waals surface area (Å²) in [5.41, 5.74) is 2.49. The van der Waals surface area contributed by atoms with Gasteiger partial charge in [0.2, 0.25) is 0 Å². The van der Waals surface area contributed by atoms with Gasteiger partial charge < -0.3 is 5.32 Å². The van der Waals surface area contributed by atoms with Gasteiger partial charge >= 0.3 is 0 Å². The van der Waals surface area contributed by atoms with Crippen LogP contribution in [0.4, 0.5) is 5.69 Å². The van der Waals surface area contributed by atoms with Crippen LogP contribution in [0, 0.1) is 0 Å². The Morgan fingerprint density at radius 1 is 1.42 bits per heavy atom. The van der Waals surface area contributed by atoms with Crippen molar-refractivity contribution < 1.29 is 0 Å². The lowest BCUT2D eigenvalue weighted by Crippen LogP contribution is -1.96. The summed E-state index contributed by atoms with van der Waals surface area (Å²) in [5.74, 6) is 0.411. The maximum atomic E-state index is 3.78. The highest BCUT2D eigenvalue weighted by Crippen LogP contribution is 2.23. The summed E-state index contributed by atoms with van der Waals surface area (Å²) in [6.45, 7) is 5.93. The second-order valence-corrected chi connectivity index (χ2v) is 2.86. The van der Waals surface area contributed by atoms with Crippen molar-refractivity contribution in [3.8, 4) is 0 Å². The molecule has 0 bridgehead atoms. The third kappa shape index (κ3) is 1.67. The Morgan fingerprint density at radius 2 is 2.08 bits per heavy atom. The molecule has 0 unspecified atom stereocenters. The summed E-state index contributed by atoms with van der Waals surface area (Å²) in [5, 5.41) is 3.16. The average molecular weight is 161 g/mol. The van der Waals surface area contributed by atoms with Crippen molar-refractivity contribution in [2.75, 3.05) is 12.4 Å². The SMILES string of the molecule is C=C[C@H](C)c1ccccc1NC. The van der Waals surface area contributed by atoms with Gasteiger partial charge in [0.15, 0.2) is 0 Å². The van der Waals surface area contributed by atoms with Crippen LogP contribution < -0.4 is 5.32 Å².